The van der Waals surface area contributed by atoms with Gasteiger partial charge in [-0.15, -0.1) is 11.3 Å². The minimum atomic E-state index is -0.938. The van der Waals surface area contributed by atoms with Gasteiger partial charge in [-0.2, -0.15) is 0 Å². The second-order valence-electron chi connectivity index (χ2n) is 7.16. The largest absolute Gasteiger partial charge is 0.378 e. The van der Waals surface area contributed by atoms with Crippen molar-refractivity contribution >= 4 is 28.3 Å². The van der Waals surface area contributed by atoms with Gasteiger partial charge < -0.3 is 5.73 Å². The number of nitrogens with two attached hydrogens (primary N) is 1. The fourth-order valence-electron chi connectivity index (χ4n) is 3.65. The molecule has 0 unspecified atom stereocenters. The molecule has 1 aromatic carbocycles. The maximum Gasteiger partial charge on any atom is 0.155 e. The number of rotatable bonds is 3. The SMILES string of the molecule is Cc1nc(C)c([C@@H]2C[C@@](C)(c3cc(-c4cncnc4)c(F)cc3F)N=C(N)S2)s1. The van der Waals surface area contributed by atoms with Crippen LogP contribution in [0, 0.1) is 25.5 Å². The summed E-state index contributed by atoms with van der Waals surface area (Å²) in [5, 5.41) is 1.35. The highest BCUT2D eigenvalue weighted by Gasteiger charge is 2.39. The first-order valence-corrected chi connectivity index (χ1v) is 10.7. The molecule has 150 valence electrons. The van der Waals surface area contributed by atoms with Gasteiger partial charge >= 0.3 is 0 Å². The number of hydrogen-bond donors (Lipinski definition) is 1. The number of amidine groups is 1. The number of nitrogens with zero attached hydrogens (tertiary/aromatic N) is 4. The standard InChI is InChI=1S/C20H19F2N5S2/c1-10-18(28-11(2)26-10)17-6-20(3,27-19(23)29-17)14-4-13(15(21)5-16(14)22)12-7-24-9-25-8-12/h4-5,7-9,17H,6H2,1-3H3,(H2,23,27)/t17-,20-/m0/s1. The van der Waals surface area contributed by atoms with E-state index in [0.717, 1.165) is 21.6 Å². The molecule has 1 aliphatic rings. The van der Waals surface area contributed by atoms with Gasteiger partial charge in [-0.3, -0.25) is 4.99 Å². The van der Waals surface area contributed by atoms with E-state index in [9.17, 15) is 8.78 Å². The van der Waals surface area contributed by atoms with Crippen molar-refractivity contribution in [3.8, 4) is 11.1 Å². The lowest BCUT2D eigenvalue weighted by molar-refractivity contribution is 0.422. The molecule has 0 saturated carbocycles. The van der Waals surface area contributed by atoms with E-state index in [1.807, 2.05) is 20.8 Å². The van der Waals surface area contributed by atoms with Crippen molar-refractivity contribution in [1.29, 1.82) is 0 Å². The third-order valence-corrected chi connectivity index (χ3v) is 7.30. The summed E-state index contributed by atoms with van der Waals surface area (Å²) in [4.78, 5) is 18.0. The van der Waals surface area contributed by atoms with Gasteiger partial charge in [0.15, 0.2) is 5.17 Å². The first kappa shape index (κ1) is 19.9. The van der Waals surface area contributed by atoms with Crippen molar-refractivity contribution in [2.24, 2.45) is 10.7 Å². The lowest BCUT2D eigenvalue weighted by Gasteiger charge is -2.35. The summed E-state index contributed by atoms with van der Waals surface area (Å²) in [5.74, 6) is -1.32. The number of halogens is 2. The number of benzene rings is 1. The van der Waals surface area contributed by atoms with Crippen LogP contribution < -0.4 is 5.73 Å². The molecule has 0 spiro atoms. The van der Waals surface area contributed by atoms with E-state index in [1.165, 1.54) is 36.5 Å². The van der Waals surface area contributed by atoms with Gasteiger partial charge in [0.1, 0.15) is 18.0 Å². The second-order valence-corrected chi connectivity index (χ2v) is 9.61. The Morgan fingerprint density at radius 3 is 2.52 bits per heavy atom. The molecule has 0 aliphatic carbocycles. The normalized spacial score (nSPS) is 21.8. The van der Waals surface area contributed by atoms with Gasteiger partial charge in [0, 0.05) is 40.0 Å². The third-order valence-electron chi connectivity index (χ3n) is 4.94. The molecule has 1 aliphatic heterocycles. The van der Waals surface area contributed by atoms with Crippen molar-refractivity contribution in [2.75, 3.05) is 0 Å². The van der Waals surface area contributed by atoms with Gasteiger partial charge in [0.05, 0.1) is 21.5 Å². The zero-order chi connectivity index (χ0) is 20.8. The molecule has 0 fully saturated rings. The fraction of sp³-hybridized carbons (Fsp3) is 0.300. The van der Waals surface area contributed by atoms with E-state index in [0.29, 0.717) is 22.7 Å². The number of aromatic nitrogens is 3. The van der Waals surface area contributed by atoms with Gasteiger partial charge in [0.25, 0.3) is 0 Å². The van der Waals surface area contributed by atoms with Crippen molar-refractivity contribution in [1.82, 2.24) is 15.0 Å². The Bertz CT molecular complexity index is 1100. The van der Waals surface area contributed by atoms with Gasteiger partial charge in [-0.25, -0.2) is 23.7 Å². The summed E-state index contributed by atoms with van der Waals surface area (Å²) < 4.78 is 29.4. The number of aryl methyl sites for hydroxylation is 2. The molecule has 0 bridgehead atoms. The average Bonchev–Trinajstić information content (AvgIpc) is 3.00. The van der Waals surface area contributed by atoms with Crippen molar-refractivity contribution < 1.29 is 8.78 Å². The Labute approximate surface area is 175 Å². The highest BCUT2D eigenvalue weighted by atomic mass is 32.2. The number of aliphatic imine (C=N–C) groups is 1. The van der Waals surface area contributed by atoms with Crippen molar-refractivity contribution in [2.45, 2.75) is 38.0 Å². The number of thioether (sulfide) groups is 1. The van der Waals surface area contributed by atoms with Crippen molar-refractivity contribution in [3.63, 3.8) is 0 Å². The smallest absolute Gasteiger partial charge is 0.155 e. The zero-order valence-corrected chi connectivity index (χ0v) is 17.7. The lowest BCUT2D eigenvalue weighted by Crippen LogP contribution is -2.31. The van der Waals surface area contributed by atoms with Crippen LogP contribution in [0.25, 0.3) is 11.1 Å². The Balaban J connectivity index is 1.80. The van der Waals surface area contributed by atoms with Crippen LogP contribution in [-0.2, 0) is 5.54 Å². The van der Waals surface area contributed by atoms with E-state index < -0.39 is 17.2 Å². The first-order valence-electron chi connectivity index (χ1n) is 8.97. The third kappa shape index (κ3) is 3.76. The Kier molecular flexibility index (Phi) is 5.12. The fourth-order valence-corrected chi connectivity index (χ4v) is 6.08. The molecule has 0 radical (unpaired) electrons. The molecular weight excluding hydrogens is 412 g/mol. The van der Waals surface area contributed by atoms with E-state index in [2.05, 4.69) is 19.9 Å². The molecule has 2 aromatic heterocycles. The van der Waals surface area contributed by atoms with Crippen LogP contribution in [-0.4, -0.2) is 20.1 Å². The van der Waals surface area contributed by atoms with Crippen molar-refractivity contribution in [3.05, 3.63) is 63.6 Å². The van der Waals surface area contributed by atoms with Crippen LogP contribution in [0.15, 0.2) is 35.8 Å². The maximum absolute atomic E-state index is 14.9. The van der Waals surface area contributed by atoms with Crippen LogP contribution in [0.1, 0.15) is 39.7 Å². The molecule has 3 aromatic rings. The predicted octanol–water partition coefficient (Wildman–Crippen LogP) is 4.90. The van der Waals surface area contributed by atoms with E-state index >= 15 is 0 Å². The Morgan fingerprint density at radius 2 is 1.86 bits per heavy atom. The van der Waals surface area contributed by atoms with Crippen LogP contribution in [0.4, 0.5) is 8.78 Å². The van der Waals surface area contributed by atoms with Gasteiger partial charge in [0.2, 0.25) is 0 Å². The number of thiazole rings is 1. The molecular formula is C20H19F2N5S2. The van der Waals surface area contributed by atoms with Gasteiger partial charge in [-0.1, -0.05) is 11.8 Å². The summed E-state index contributed by atoms with van der Waals surface area (Å²) in [6.07, 6.45) is 4.88. The molecule has 0 saturated heterocycles. The molecule has 2 atom stereocenters. The molecule has 29 heavy (non-hydrogen) atoms. The molecule has 4 rings (SSSR count). The summed E-state index contributed by atoms with van der Waals surface area (Å²) in [6, 6.07) is 2.39. The van der Waals surface area contributed by atoms with Crippen LogP contribution >= 0.6 is 23.1 Å². The summed E-state index contributed by atoms with van der Waals surface area (Å²) >= 11 is 3.07. The molecule has 3 heterocycles. The van der Waals surface area contributed by atoms with E-state index in [-0.39, 0.29) is 10.8 Å². The minimum absolute atomic E-state index is 0.00309. The number of hydrogen-bond acceptors (Lipinski definition) is 7. The van der Waals surface area contributed by atoms with Gasteiger partial charge in [-0.05, 0) is 33.3 Å². The maximum atomic E-state index is 14.9. The van der Waals surface area contributed by atoms with Crippen LogP contribution in [0.2, 0.25) is 0 Å². The van der Waals surface area contributed by atoms with Crippen LogP contribution in [0.3, 0.4) is 0 Å². The molecule has 9 heteroatoms. The van der Waals surface area contributed by atoms with E-state index in [1.54, 1.807) is 11.3 Å². The topological polar surface area (TPSA) is 77.0 Å². The molecule has 0 amide bonds. The predicted molar refractivity (Wildman–Crippen MR) is 113 cm³/mol. The minimum Gasteiger partial charge on any atom is -0.378 e. The quantitative estimate of drug-likeness (QED) is 0.638. The summed E-state index contributed by atoms with van der Waals surface area (Å²) in [6.45, 7) is 5.75. The Morgan fingerprint density at radius 1 is 1.14 bits per heavy atom. The zero-order valence-electron chi connectivity index (χ0n) is 16.1. The average molecular weight is 432 g/mol. The Hall–Kier alpha value is -2.39. The molecule has 5 nitrogen and oxygen atoms in total. The highest BCUT2D eigenvalue weighted by molar-refractivity contribution is 8.14. The molecule has 2 N–H and O–H groups in total. The highest BCUT2D eigenvalue weighted by Crippen LogP contribution is 2.49. The first-order chi connectivity index (χ1) is 13.8. The second kappa shape index (κ2) is 7.46. The van der Waals surface area contributed by atoms with Crippen LogP contribution in [0.5, 0.6) is 0 Å². The monoisotopic (exact) mass is 431 g/mol. The lowest BCUT2D eigenvalue weighted by atomic mass is 9.85. The van der Waals surface area contributed by atoms with E-state index in [4.69, 9.17) is 5.73 Å². The summed E-state index contributed by atoms with van der Waals surface area (Å²) in [7, 11) is 0. The summed E-state index contributed by atoms with van der Waals surface area (Å²) in [5.41, 5.74) is 7.16.